The second-order valence-electron chi connectivity index (χ2n) is 9.21. The Hall–Kier alpha value is -3.98. The average Bonchev–Trinajstić information content (AvgIpc) is 3.30. The number of nitrogen functional groups attached to an aromatic ring is 1. The molecule has 0 amide bonds. The largest absolute Gasteiger partial charge is 0.480 e. The summed E-state index contributed by atoms with van der Waals surface area (Å²) >= 11 is 0. The van der Waals surface area contributed by atoms with Crippen LogP contribution in [0.25, 0.3) is 27.7 Å². The molecule has 0 bridgehead atoms. The number of nitrogens with one attached hydrogen (secondary N) is 1. The van der Waals surface area contributed by atoms with Crippen LogP contribution in [0.4, 0.5) is 10.1 Å². The first-order chi connectivity index (χ1) is 16.6. The summed E-state index contributed by atoms with van der Waals surface area (Å²) in [6.45, 7) is 6.04. The second kappa shape index (κ2) is 8.99. The summed E-state index contributed by atoms with van der Waals surface area (Å²) in [4.78, 5) is 11.3. The number of aryl methyl sites for hydroxylation is 1. The van der Waals surface area contributed by atoms with Crippen molar-refractivity contribution in [3.8, 4) is 16.8 Å². The number of fused-ring (bicyclic) bond motifs is 1. The van der Waals surface area contributed by atoms with Crippen LogP contribution in [-0.4, -0.2) is 45.4 Å². The zero-order valence-electron chi connectivity index (χ0n) is 20.1. The van der Waals surface area contributed by atoms with Gasteiger partial charge in [-0.05, 0) is 43.3 Å². The molecule has 2 aromatic carbocycles. The molecule has 4 aromatic rings. The zero-order chi connectivity index (χ0) is 25.5. The third-order valence-corrected chi connectivity index (χ3v) is 6.07. The van der Waals surface area contributed by atoms with E-state index >= 15 is 0 Å². The number of aromatic nitrogens is 3. The van der Waals surface area contributed by atoms with E-state index in [-0.39, 0.29) is 12.4 Å². The maximum Gasteiger partial charge on any atom is 0.325 e. The molecule has 0 spiro atoms. The molecular weight excluding hydrogens is 449 g/mol. The molecule has 2 heterocycles. The standard InChI is InChI=1S/C26H28FN5O3/c1-15-20(12-31(30-15)13-23(33)34)24-19-10-21(29)16(11-28)9-22(19)32(18-7-5-17(27)6-8-18)25(24)26(2,3)14-35-4/h5-12,28H,13-14,29H2,1-4H3,(H,33,34). The number of halogens is 1. The lowest BCUT2D eigenvalue weighted by molar-refractivity contribution is -0.137. The minimum atomic E-state index is -0.993. The Morgan fingerprint density at radius 2 is 1.97 bits per heavy atom. The highest BCUT2D eigenvalue weighted by Crippen LogP contribution is 2.45. The van der Waals surface area contributed by atoms with Crippen LogP contribution in [-0.2, 0) is 21.5 Å². The van der Waals surface area contributed by atoms with Crippen molar-refractivity contribution >= 4 is 28.8 Å². The number of nitrogens with zero attached hydrogens (tertiary/aromatic N) is 3. The summed E-state index contributed by atoms with van der Waals surface area (Å²) < 4.78 is 22.9. The molecule has 0 radical (unpaired) electrons. The molecule has 35 heavy (non-hydrogen) atoms. The Kier molecular flexibility index (Phi) is 6.21. The molecule has 4 N–H and O–H groups in total. The van der Waals surface area contributed by atoms with Crippen molar-refractivity contribution in [3.05, 3.63) is 65.4 Å². The summed E-state index contributed by atoms with van der Waals surface area (Å²) in [5, 5.41) is 22.4. The van der Waals surface area contributed by atoms with E-state index < -0.39 is 11.4 Å². The van der Waals surface area contributed by atoms with E-state index in [4.69, 9.17) is 15.9 Å². The molecule has 0 atom stereocenters. The number of nitrogens with two attached hydrogens (primary N) is 1. The van der Waals surface area contributed by atoms with Crippen LogP contribution in [0.1, 0.15) is 30.8 Å². The molecule has 4 rings (SSSR count). The van der Waals surface area contributed by atoms with Gasteiger partial charge in [0.05, 0.1) is 17.8 Å². The van der Waals surface area contributed by atoms with Gasteiger partial charge in [-0.25, -0.2) is 4.39 Å². The topological polar surface area (TPSA) is 119 Å². The van der Waals surface area contributed by atoms with Gasteiger partial charge in [-0.1, -0.05) is 13.8 Å². The second-order valence-corrected chi connectivity index (χ2v) is 9.21. The van der Waals surface area contributed by atoms with Gasteiger partial charge in [-0.3, -0.25) is 9.48 Å². The van der Waals surface area contributed by atoms with Crippen molar-refractivity contribution in [3.63, 3.8) is 0 Å². The fourth-order valence-electron chi connectivity index (χ4n) is 4.68. The quantitative estimate of drug-likeness (QED) is 0.254. The van der Waals surface area contributed by atoms with Gasteiger partial charge in [-0.2, -0.15) is 5.10 Å². The lowest BCUT2D eigenvalue weighted by Crippen LogP contribution is -2.27. The number of aliphatic carboxylic acids is 1. The average molecular weight is 478 g/mol. The van der Waals surface area contributed by atoms with Crippen molar-refractivity contribution in [1.29, 1.82) is 5.41 Å². The van der Waals surface area contributed by atoms with Crippen LogP contribution in [0.2, 0.25) is 0 Å². The Morgan fingerprint density at radius 3 is 2.57 bits per heavy atom. The fourth-order valence-corrected chi connectivity index (χ4v) is 4.68. The third-order valence-electron chi connectivity index (χ3n) is 6.07. The van der Waals surface area contributed by atoms with E-state index in [0.29, 0.717) is 23.6 Å². The first kappa shape index (κ1) is 24.2. The number of carbonyl (C=O) groups is 1. The van der Waals surface area contributed by atoms with E-state index in [1.807, 2.05) is 37.5 Å². The Labute approximate surface area is 202 Å². The highest BCUT2D eigenvalue weighted by molar-refractivity contribution is 6.05. The number of carboxylic acid groups (broad SMARTS) is 1. The molecule has 0 aliphatic heterocycles. The predicted octanol–water partition coefficient (Wildman–Crippen LogP) is 4.53. The molecule has 8 nitrogen and oxygen atoms in total. The minimum Gasteiger partial charge on any atom is -0.480 e. The van der Waals surface area contributed by atoms with Gasteiger partial charge in [0.15, 0.2) is 0 Å². The summed E-state index contributed by atoms with van der Waals surface area (Å²) in [5.41, 5.74) is 11.4. The van der Waals surface area contributed by atoms with Crippen molar-refractivity contribution in [2.24, 2.45) is 0 Å². The molecule has 0 aliphatic carbocycles. The van der Waals surface area contributed by atoms with E-state index in [1.165, 1.54) is 23.0 Å². The molecule has 9 heteroatoms. The number of carboxylic acids is 1. The third kappa shape index (κ3) is 4.30. The SMILES string of the molecule is COCC(C)(C)c1c(-c2cn(CC(=O)O)nc2C)c2cc(N)c(C=N)cc2n1-c1ccc(F)cc1. The first-order valence-corrected chi connectivity index (χ1v) is 11.1. The van der Waals surface area contributed by atoms with Gasteiger partial charge in [0.2, 0.25) is 0 Å². The van der Waals surface area contributed by atoms with E-state index in [2.05, 4.69) is 5.10 Å². The lowest BCUT2D eigenvalue weighted by Gasteiger charge is -2.28. The first-order valence-electron chi connectivity index (χ1n) is 11.1. The van der Waals surface area contributed by atoms with Crippen LogP contribution < -0.4 is 5.73 Å². The molecule has 0 saturated heterocycles. The van der Waals surface area contributed by atoms with Crippen LogP contribution >= 0.6 is 0 Å². The maximum absolute atomic E-state index is 13.8. The Bertz CT molecular complexity index is 1430. The summed E-state index contributed by atoms with van der Waals surface area (Å²) in [6.07, 6.45) is 2.92. The predicted molar refractivity (Wildman–Crippen MR) is 134 cm³/mol. The van der Waals surface area contributed by atoms with Gasteiger partial charge < -0.3 is 25.6 Å². The molecule has 0 unspecified atom stereocenters. The lowest BCUT2D eigenvalue weighted by atomic mass is 9.85. The van der Waals surface area contributed by atoms with Crippen LogP contribution in [0.5, 0.6) is 0 Å². The van der Waals surface area contributed by atoms with Crippen molar-refractivity contribution < 1.29 is 19.0 Å². The molecule has 0 saturated carbocycles. The fraction of sp³-hybridized carbons (Fsp3) is 0.269. The van der Waals surface area contributed by atoms with Gasteiger partial charge in [0.1, 0.15) is 12.4 Å². The molecule has 2 aromatic heterocycles. The van der Waals surface area contributed by atoms with Crippen LogP contribution in [0, 0.1) is 18.2 Å². The van der Waals surface area contributed by atoms with Gasteiger partial charge in [0.25, 0.3) is 0 Å². The number of methoxy groups -OCH3 is 1. The van der Waals surface area contributed by atoms with Crippen molar-refractivity contribution in [1.82, 2.24) is 14.3 Å². The molecule has 0 fully saturated rings. The molecule has 0 aliphatic rings. The number of hydrogen-bond acceptors (Lipinski definition) is 5. The van der Waals surface area contributed by atoms with Crippen molar-refractivity contribution in [2.45, 2.75) is 32.7 Å². The maximum atomic E-state index is 13.8. The number of ether oxygens (including phenoxy) is 1. The summed E-state index contributed by atoms with van der Waals surface area (Å²) in [6, 6.07) is 9.87. The van der Waals surface area contributed by atoms with Crippen LogP contribution in [0.15, 0.2) is 42.6 Å². The highest BCUT2D eigenvalue weighted by Gasteiger charge is 2.33. The Balaban J connectivity index is 2.19. The smallest absolute Gasteiger partial charge is 0.325 e. The number of hydrogen-bond donors (Lipinski definition) is 3. The number of benzene rings is 2. The molecule has 182 valence electrons. The van der Waals surface area contributed by atoms with E-state index in [1.54, 1.807) is 25.4 Å². The van der Waals surface area contributed by atoms with E-state index in [9.17, 15) is 14.3 Å². The zero-order valence-corrected chi connectivity index (χ0v) is 20.1. The van der Waals surface area contributed by atoms with Gasteiger partial charge in [-0.15, -0.1) is 0 Å². The Morgan fingerprint density at radius 1 is 1.29 bits per heavy atom. The van der Waals surface area contributed by atoms with Gasteiger partial charge >= 0.3 is 5.97 Å². The normalized spacial score (nSPS) is 11.8. The number of anilines is 1. The van der Waals surface area contributed by atoms with Crippen LogP contribution in [0.3, 0.4) is 0 Å². The van der Waals surface area contributed by atoms with E-state index in [0.717, 1.165) is 33.4 Å². The monoisotopic (exact) mass is 477 g/mol. The molecular formula is C26H28FN5O3. The van der Waals surface area contributed by atoms with Gasteiger partial charge in [0, 0.05) is 64.1 Å². The van der Waals surface area contributed by atoms with Crippen molar-refractivity contribution in [2.75, 3.05) is 19.5 Å². The summed E-state index contributed by atoms with van der Waals surface area (Å²) in [5.74, 6) is -1.34. The minimum absolute atomic E-state index is 0.270. The number of rotatable bonds is 8. The highest BCUT2D eigenvalue weighted by atomic mass is 19.1. The summed E-state index contributed by atoms with van der Waals surface area (Å²) in [7, 11) is 1.63.